The molecule has 1 rings (SSSR count). The van der Waals surface area contributed by atoms with Crippen molar-refractivity contribution < 1.29 is 9.59 Å². The number of hydrogen-bond donors (Lipinski definition) is 1. The lowest BCUT2D eigenvalue weighted by molar-refractivity contribution is -0.134. The summed E-state index contributed by atoms with van der Waals surface area (Å²) in [7, 11) is 3.43. The van der Waals surface area contributed by atoms with Crippen molar-refractivity contribution in [2.45, 2.75) is 33.2 Å². The van der Waals surface area contributed by atoms with Gasteiger partial charge in [0.15, 0.2) is 0 Å². The van der Waals surface area contributed by atoms with Gasteiger partial charge in [-0.3, -0.25) is 9.59 Å². The predicted molar refractivity (Wildman–Crippen MR) is 80.4 cm³/mol. The van der Waals surface area contributed by atoms with Crippen LogP contribution in [-0.4, -0.2) is 30.8 Å². The van der Waals surface area contributed by atoms with Crippen molar-refractivity contribution in [3.8, 4) is 0 Å². The van der Waals surface area contributed by atoms with Gasteiger partial charge in [0.05, 0.1) is 0 Å². The molecule has 0 fully saturated rings. The summed E-state index contributed by atoms with van der Waals surface area (Å²) in [5, 5.41) is 2.59. The Kier molecular flexibility index (Phi) is 6.22. The van der Waals surface area contributed by atoms with Gasteiger partial charge in [-0.1, -0.05) is 32.4 Å². The van der Waals surface area contributed by atoms with Crippen LogP contribution in [0, 0.1) is 5.92 Å². The van der Waals surface area contributed by atoms with Crippen molar-refractivity contribution in [1.82, 2.24) is 10.2 Å². The summed E-state index contributed by atoms with van der Waals surface area (Å²) in [6.07, 6.45) is 1.93. The van der Waals surface area contributed by atoms with E-state index in [2.05, 4.69) is 12.2 Å². The van der Waals surface area contributed by atoms with E-state index in [0.717, 1.165) is 18.4 Å². The van der Waals surface area contributed by atoms with Crippen LogP contribution in [0.15, 0.2) is 24.3 Å². The summed E-state index contributed by atoms with van der Waals surface area (Å²) >= 11 is 0. The fourth-order valence-corrected chi connectivity index (χ4v) is 2.19. The molecule has 1 unspecified atom stereocenters. The largest absolute Gasteiger partial charge is 0.355 e. The van der Waals surface area contributed by atoms with E-state index < -0.39 is 0 Å². The van der Waals surface area contributed by atoms with E-state index in [1.165, 1.54) is 0 Å². The molecule has 20 heavy (non-hydrogen) atoms. The number of carbonyl (C=O) groups is 2. The minimum absolute atomic E-state index is 0.0649. The fraction of sp³-hybridized carbons (Fsp3) is 0.500. The molecule has 0 saturated carbocycles. The molecule has 0 saturated heterocycles. The highest BCUT2D eigenvalue weighted by molar-refractivity contribution is 5.93. The first-order valence-electron chi connectivity index (χ1n) is 7.05. The normalized spacial score (nSPS) is 11.8. The minimum Gasteiger partial charge on any atom is -0.355 e. The van der Waals surface area contributed by atoms with Crippen molar-refractivity contribution in [2.75, 3.05) is 14.1 Å². The Hall–Kier alpha value is -1.84. The Bertz CT molecular complexity index is 454. The number of rotatable bonds is 6. The summed E-state index contributed by atoms with van der Waals surface area (Å²) in [4.78, 5) is 25.3. The lowest BCUT2D eigenvalue weighted by Gasteiger charge is -2.21. The van der Waals surface area contributed by atoms with Gasteiger partial charge in [-0.25, -0.2) is 0 Å². The molecule has 1 aromatic rings. The molecule has 4 nitrogen and oxygen atoms in total. The summed E-state index contributed by atoms with van der Waals surface area (Å²) in [6, 6.07) is 7.33. The van der Waals surface area contributed by atoms with Crippen molar-refractivity contribution in [2.24, 2.45) is 5.92 Å². The molecule has 2 amide bonds. The number of amides is 2. The van der Waals surface area contributed by atoms with Gasteiger partial charge in [-0.2, -0.15) is 0 Å². The van der Waals surface area contributed by atoms with Crippen LogP contribution in [0.3, 0.4) is 0 Å². The van der Waals surface area contributed by atoms with E-state index in [-0.39, 0.29) is 17.7 Å². The van der Waals surface area contributed by atoms with E-state index >= 15 is 0 Å². The Balaban J connectivity index is 2.64. The Labute approximate surface area is 121 Å². The third-order valence-electron chi connectivity index (χ3n) is 3.38. The van der Waals surface area contributed by atoms with Crippen LogP contribution in [-0.2, 0) is 11.3 Å². The van der Waals surface area contributed by atoms with Crippen LogP contribution in [0.1, 0.15) is 42.6 Å². The van der Waals surface area contributed by atoms with Crippen LogP contribution in [0.5, 0.6) is 0 Å². The molecule has 0 radical (unpaired) electrons. The number of nitrogens with zero attached hydrogens (tertiary/aromatic N) is 1. The first-order valence-corrected chi connectivity index (χ1v) is 7.05. The van der Waals surface area contributed by atoms with Gasteiger partial charge in [0.25, 0.3) is 5.91 Å². The lowest BCUT2D eigenvalue weighted by Crippen LogP contribution is -2.31. The van der Waals surface area contributed by atoms with Gasteiger partial charge >= 0.3 is 0 Å². The second kappa shape index (κ2) is 7.68. The molecule has 4 heteroatoms. The molecule has 1 N–H and O–H groups in total. The van der Waals surface area contributed by atoms with E-state index in [4.69, 9.17) is 0 Å². The quantitative estimate of drug-likeness (QED) is 0.867. The third kappa shape index (κ3) is 4.37. The van der Waals surface area contributed by atoms with E-state index in [0.29, 0.717) is 12.1 Å². The van der Waals surface area contributed by atoms with Crippen LogP contribution in [0.2, 0.25) is 0 Å². The number of nitrogens with one attached hydrogen (secondary N) is 1. The molecule has 0 aromatic heterocycles. The van der Waals surface area contributed by atoms with Gasteiger partial charge in [-0.05, 0) is 24.1 Å². The zero-order valence-electron chi connectivity index (χ0n) is 12.8. The fourth-order valence-electron chi connectivity index (χ4n) is 2.19. The number of carbonyl (C=O) groups excluding carboxylic acids is 2. The average molecular weight is 276 g/mol. The SMILES string of the molecule is CCCC(C)C(=O)N(C)Cc1ccc(C(=O)NC)cc1. The Morgan fingerprint density at radius 3 is 2.35 bits per heavy atom. The van der Waals surface area contributed by atoms with E-state index in [1.54, 1.807) is 24.1 Å². The smallest absolute Gasteiger partial charge is 0.251 e. The summed E-state index contributed by atoms with van der Waals surface area (Å²) in [5.41, 5.74) is 1.65. The van der Waals surface area contributed by atoms with E-state index in [9.17, 15) is 9.59 Å². The Morgan fingerprint density at radius 2 is 1.85 bits per heavy atom. The molecule has 0 spiro atoms. The second-order valence-electron chi connectivity index (χ2n) is 5.16. The second-order valence-corrected chi connectivity index (χ2v) is 5.16. The third-order valence-corrected chi connectivity index (χ3v) is 3.38. The van der Waals surface area contributed by atoms with Gasteiger partial charge in [0, 0.05) is 32.1 Å². The maximum atomic E-state index is 12.1. The molecule has 110 valence electrons. The standard InChI is InChI=1S/C16H24N2O2/c1-5-6-12(2)16(20)18(4)11-13-7-9-14(10-8-13)15(19)17-3/h7-10,12H,5-6,11H2,1-4H3,(H,17,19). The number of hydrogen-bond acceptors (Lipinski definition) is 2. The first-order chi connectivity index (χ1) is 9.49. The molecule has 0 aliphatic heterocycles. The zero-order chi connectivity index (χ0) is 15.1. The van der Waals surface area contributed by atoms with Gasteiger partial charge < -0.3 is 10.2 Å². The molecule has 0 aliphatic carbocycles. The highest BCUT2D eigenvalue weighted by Crippen LogP contribution is 2.12. The maximum absolute atomic E-state index is 12.1. The monoisotopic (exact) mass is 276 g/mol. The summed E-state index contributed by atoms with van der Waals surface area (Å²) in [6.45, 7) is 4.62. The molecule has 0 bridgehead atoms. The lowest BCUT2D eigenvalue weighted by atomic mass is 10.0. The van der Waals surface area contributed by atoms with Crippen LogP contribution < -0.4 is 5.32 Å². The minimum atomic E-state index is -0.0995. The van der Waals surface area contributed by atoms with Crippen molar-refractivity contribution in [1.29, 1.82) is 0 Å². The maximum Gasteiger partial charge on any atom is 0.251 e. The zero-order valence-corrected chi connectivity index (χ0v) is 12.8. The molecule has 1 atom stereocenters. The highest BCUT2D eigenvalue weighted by atomic mass is 16.2. The molecular weight excluding hydrogens is 252 g/mol. The van der Waals surface area contributed by atoms with Gasteiger partial charge in [0.1, 0.15) is 0 Å². The van der Waals surface area contributed by atoms with Crippen LogP contribution >= 0.6 is 0 Å². The number of benzene rings is 1. The summed E-state index contributed by atoms with van der Waals surface area (Å²) < 4.78 is 0. The van der Waals surface area contributed by atoms with Crippen molar-refractivity contribution >= 4 is 11.8 Å². The van der Waals surface area contributed by atoms with Crippen LogP contribution in [0.4, 0.5) is 0 Å². The molecule has 0 aliphatic rings. The van der Waals surface area contributed by atoms with Crippen molar-refractivity contribution in [3.63, 3.8) is 0 Å². The first kappa shape index (κ1) is 16.2. The highest BCUT2D eigenvalue weighted by Gasteiger charge is 2.16. The van der Waals surface area contributed by atoms with Gasteiger partial charge in [-0.15, -0.1) is 0 Å². The predicted octanol–water partition coefficient (Wildman–Crippen LogP) is 2.44. The molecular formula is C16H24N2O2. The Morgan fingerprint density at radius 1 is 1.25 bits per heavy atom. The molecule has 1 aromatic carbocycles. The average Bonchev–Trinajstić information content (AvgIpc) is 2.46. The topological polar surface area (TPSA) is 49.4 Å². The summed E-state index contributed by atoms with van der Waals surface area (Å²) in [5.74, 6) is 0.134. The van der Waals surface area contributed by atoms with E-state index in [1.807, 2.05) is 26.1 Å². The molecule has 0 heterocycles. The van der Waals surface area contributed by atoms with Gasteiger partial charge in [0.2, 0.25) is 5.91 Å². The van der Waals surface area contributed by atoms with Crippen LogP contribution in [0.25, 0.3) is 0 Å². The van der Waals surface area contributed by atoms with Crippen molar-refractivity contribution in [3.05, 3.63) is 35.4 Å².